The number of amides is 1. The van der Waals surface area contributed by atoms with Gasteiger partial charge in [-0.3, -0.25) is 14.5 Å². The van der Waals surface area contributed by atoms with Crippen molar-refractivity contribution in [1.29, 1.82) is 0 Å². The third-order valence-corrected chi connectivity index (χ3v) is 6.11. The molecule has 0 saturated heterocycles. The van der Waals surface area contributed by atoms with E-state index in [-0.39, 0.29) is 18.5 Å². The Morgan fingerprint density at radius 2 is 1.91 bits per heavy atom. The van der Waals surface area contributed by atoms with Crippen molar-refractivity contribution in [2.45, 2.75) is 39.8 Å². The molecule has 1 aliphatic rings. The average Bonchev–Trinajstić information content (AvgIpc) is 3.10. The number of pyridine rings is 1. The molecule has 162 valence electrons. The number of aromatic nitrogens is 5. The number of fused-ring (bicyclic) bond motifs is 2. The van der Waals surface area contributed by atoms with Crippen molar-refractivity contribution >= 4 is 22.5 Å². The van der Waals surface area contributed by atoms with Crippen LogP contribution in [0.1, 0.15) is 25.1 Å². The van der Waals surface area contributed by atoms with Crippen LogP contribution in [-0.2, 0) is 17.8 Å². The molecule has 0 bridgehead atoms. The third kappa shape index (κ3) is 3.47. The van der Waals surface area contributed by atoms with E-state index in [1.165, 1.54) is 0 Å². The summed E-state index contributed by atoms with van der Waals surface area (Å²) in [7, 11) is 0. The second-order valence-electron chi connectivity index (χ2n) is 8.51. The minimum absolute atomic E-state index is 0.0914. The van der Waals surface area contributed by atoms with Crippen molar-refractivity contribution in [3.8, 4) is 22.5 Å². The molecule has 1 aliphatic heterocycles. The monoisotopic (exact) mass is 427 g/mol. The molecule has 8 nitrogen and oxygen atoms in total. The van der Waals surface area contributed by atoms with Crippen LogP contribution in [0.25, 0.3) is 33.4 Å². The van der Waals surface area contributed by atoms with Crippen molar-refractivity contribution in [2.75, 3.05) is 12.3 Å². The highest BCUT2D eigenvalue weighted by molar-refractivity contribution is 5.87. The van der Waals surface area contributed by atoms with Crippen LogP contribution in [0.15, 0.2) is 42.7 Å². The third-order valence-electron chi connectivity index (χ3n) is 6.11. The maximum absolute atomic E-state index is 12.6. The van der Waals surface area contributed by atoms with Crippen LogP contribution in [0.2, 0.25) is 0 Å². The summed E-state index contributed by atoms with van der Waals surface area (Å²) < 4.78 is 1.80. The van der Waals surface area contributed by atoms with Gasteiger partial charge in [-0.1, -0.05) is 6.07 Å². The quantitative estimate of drug-likeness (QED) is 0.538. The zero-order valence-electron chi connectivity index (χ0n) is 18.4. The van der Waals surface area contributed by atoms with Gasteiger partial charge >= 0.3 is 0 Å². The van der Waals surface area contributed by atoms with Crippen molar-refractivity contribution in [3.63, 3.8) is 0 Å². The molecule has 4 heterocycles. The van der Waals surface area contributed by atoms with Gasteiger partial charge in [0.1, 0.15) is 17.9 Å². The predicted molar refractivity (Wildman–Crippen MR) is 124 cm³/mol. The molecule has 1 amide bonds. The van der Waals surface area contributed by atoms with Crippen LogP contribution in [-0.4, -0.2) is 48.4 Å². The maximum atomic E-state index is 12.6. The van der Waals surface area contributed by atoms with Gasteiger partial charge in [-0.25, -0.2) is 0 Å². The number of carbonyl (C=O) groups excluding carboxylic acids is 1. The van der Waals surface area contributed by atoms with Gasteiger partial charge in [0.2, 0.25) is 5.91 Å². The van der Waals surface area contributed by atoms with E-state index in [0.717, 1.165) is 45.4 Å². The van der Waals surface area contributed by atoms with Gasteiger partial charge in [-0.15, -0.1) is 10.2 Å². The number of hydrogen-bond donors (Lipinski definition) is 1. The first-order chi connectivity index (χ1) is 15.4. The standard InChI is InChI=1S/C24H25N7O/c1-14(2)30-7-6-18-10-23(29-31(18)13-24(30)32)22-9-17-8-16(4-5-21(17)27-28-22)19-11-26-12-20(25)15(19)3/h4-5,8-12,14H,6-7,13,25H2,1-3H3. The SMILES string of the molecule is Cc1c(N)cncc1-c1ccc2nnc(-c3cc4n(n3)CC(=O)N(C(C)C)CC4)cc2c1. The van der Waals surface area contributed by atoms with Gasteiger partial charge in [0.15, 0.2) is 0 Å². The topological polar surface area (TPSA) is 103 Å². The molecule has 0 fully saturated rings. The summed E-state index contributed by atoms with van der Waals surface area (Å²) in [6.45, 7) is 7.02. The molecule has 0 aliphatic carbocycles. The summed E-state index contributed by atoms with van der Waals surface area (Å²) in [5.74, 6) is 0.0914. The fourth-order valence-electron chi connectivity index (χ4n) is 4.21. The largest absolute Gasteiger partial charge is 0.397 e. The van der Waals surface area contributed by atoms with E-state index in [0.29, 0.717) is 17.9 Å². The molecule has 0 atom stereocenters. The summed E-state index contributed by atoms with van der Waals surface area (Å²) in [4.78, 5) is 18.7. The number of nitrogen functional groups attached to an aromatic ring is 1. The van der Waals surface area contributed by atoms with Gasteiger partial charge in [-0.05, 0) is 56.2 Å². The van der Waals surface area contributed by atoms with E-state index in [4.69, 9.17) is 5.73 Å². The van der Waals surface area contributed by atoms with E-state index in [2.05, 4.69) is 26.3 Å². The zero-order valence-corrected chi connectivity index (χ0v) is 18.4. The van der Waals surface area contributed by atoms with E-state index in [1.54, 1.807) is 10.9 Å². The lowest BCUT2D eigenvalue weighted by atomic mass is 10.00. The molecular formula is C24H25N7O. The minimum Gasteiger partial charge on any atom is -0.397 e. The average molecular weight is 428 g/mol. The number of nitrogens with zero attached hydrogens (tertiary/aromatic N) is 6. The predicted octanol–water partition coefficient (Wildman–Crippen LogP) is 3.24. The van der Waals surface area contributed by atoms with Gasteiger partial charge in [0.25, 0.3) is 0 Å². The van der Waals surface area contributed by atoms with Crippen LogP contribution >= 0.6 is 0 Å². The Hall–Kier alpha value is -3.81. The van der Waals surface area contributed by atoms with E-state index in [9.17, 15) is 4.79 Å². The lowest BCUT2D eigenvalue weighted by molar-refractivity contribution is -0.133. The molecule has 0 radical (unpaired) electrons. The van der Waals surface area contributed by atoms with Crippen LogP contribution in [0, 0.1) is 6.92 Å². The lowest BCUT2D eigenvalue weighted by Crippen LogP contribution is -2.38. The highest BCUT2D eigenvalue weighted by Gasteiger charge is 2.24. The smallest absolute Gasteiger partial charge is 0.244 e. The Balaban J connectivity index is 1.51. The van der Waals surface area contributed by atoms with Crippen LogP contribution < -0.4 is 5.73 Å². The first-order valence-corrected chi connectivity index (χ1v) is 10.7. The second kappa shape index (κ2) is 7.71. The number of nitrogens with two attached hydrogens (primary N) is 1. The number of anilines is 1. The van der Waals surface area contributed by atoms with Crippen molar-refractivity contribution in [1.82, 2.24) is 29.9 Å². The molecule has 5 rings (SSSR count). The normalized spacial score (nSPS) is 14.1. The second-order valence-corrected chi connectivity index (χ2v) is 8.51. The first-order valence-electron chi connectivity index (χ1n) is 10.7. The Labute approximate surface area is 186 Å². The van der Waals surface area contributed by atoms with Gasteiger partial charge < -0.3 is 10.6 Å². The molecule has 2 N–H and O–H groups in total. The lowest BCUT2D eigenvalue weighted by Gasteiger charge is -2.24. The van der Waals surface area contributed by atoms with Gasteiger partial charge in [0, 0.05) is 41.8 Å². The zero-order chi connectivity index (χ0) is 22.4. The van der Waals surface area contributed by atoms with Crippen molar-refractivity contribution in [3.05, 3.63) is 54.0 Å². The number of hydrogen-bond acceptors (Lipinski definition) is 6. The van der Waals surface area contributed by atoms with E-state index in [1.807, 2.05) is 56.1 Å². The number of benzene rings is 1. The highest BCUT2D eigenvalue weighted by atomic mass is 16.2. The molecule has 3 aromatic heterocycles. The molecule has 4 aromatic rings. The minimum atomic E-state index is 0.0914. The summed E-state index contributed by atoms with van der Waals surface area (Å²) in [5.41, 5.74) is 13.0. The van der Waals surface area contributed by atoms with E-state index < -0.39 is 0 Å². The maximum Gasteiger partial charge on any atom is 0.244 e. The molecule has 8 heteroatoms. The van der Waals surface area contributed by atoms with Crippen LogP contribution in [0.5, 0.6) is 0 Å². The first kappa shape index (κ1) is 20.1. The van der Waals surface area contributed by atoms with Crippen molar-refractivity contribution in [2.24, 2.45) is 0 Å². The summed E-state index contributed by atoms with van der Waals surface area (Å²) in [6.07, 6.45) is 4.26. The number of carbonyl (C=O) groups is 1. The summed E-state index contributed by atoms with van der Waals surface area (Å²) in [5, 5.41) is 14.4. The Morgan fingerprint density at radius 3 is 2.72 bits per heavy atom. The summed E-state index contributed by atoms with van der Waals surface area (Å²) >= 11 is 0. The Kier molecular flexibility index (Phi) is 4.84. The summed E-state index contributed by atoms with van der Waals surface area (Å²) in [6, 6.07) is 10.2. The molecule has 32 heavy (non-hydrogen) atoms. The fraction of sp³-hybridized carbons (Fsp3) is 0.292. The molecule has 1 aromatic carbocycles. The van der Waals surface area contributed by atoms with Crippen molar-refractivity contribution < 1.29 is 4.79 Å². The Morgan fingerprint density at radius 1 is 1.06 bits per heavy atom. The van der Waals surface area contributed by atoms with Crippen LogP contribution in [0.4, 0.5) is 5.69 Å². The molecule has 0 unspecified atom stereocenters. The van der Waals surface area contributed by atoms with E-state index >= 15 is 0 Å². The molecular weight excluding hydrogens is 402 g/mol. The molecule has 0 saturated carbocycles. The van der Waals surface area contributed by atoms with Gasteiger partial charge in [0.05, 0.1) is 17.4 Å². The van der Waals surface area contributed by atoms with Gasteiger partial charge in [-0.2, -0.15) is 5.10 Å². The number of rotatable bonds is 3. The highest BCUT2D eigenvalue weighted by Crippen LogP contribution is 2.29. The fourth-order valence-corrected chi connectivity index (χ4v) is 4.21. The Bertz CT molecular complexity index is 1340. The molecule has 0 spiro atoms. The van der Waals surface area contributed by atoms with Crippen LogP contribution in [0.3, 0.4) is 0 Å².